The number of benzene rings is 1. The van der Waals surface area contributed by atoms with Gasteiger partial charge in [-0.05, 0) is 43.5 Å². The van der Waals surface area contributed by atoms with E-state index in [9.17, 15) is 19.4 Å². The van der Waals surface area contributed by atoms with Crippen LogP contribution in [0.25, 0.3) is 11.3 Å². The van der Waals surface area contributed by atoms with E-state index in [0.29, 0.717) is 49.2 Å². The van der Waals surface area contributed by atoms with Crippen molar-refractivity contribution in [3.8, 4) is 11.3 Å². The predicted octanol–water partition coefficient (Wildman–Crippen LogP) is 2.24. The van der Waals surface area contributed by atoms with E-state index >= 15 is 0 Å². The molecule has 1 atom stereocenters. The summed E-state index contributed by atoms with van der Waals surface area (Å²) in [4.78, 5) is 18.6. The van der Waals surface area contributed by atoms with E-state index in [2.05, 4.69) is 4.98 Å². The summed E-state index contributed by atoms with van der Waals surface area (Å²) in [5.74, 6) is -0.485. The van der Waals surface area contributed by atoms with E-state index in [1.165, 1.54) is 18.3 Å². The first kappa shape index (κ1) is 17.5. The Kier molecular flexibility index (Phi) is 5.11. The first-order chi connectivity index (χ1) is 12.0. The number of nitrogens with zero attached hydrogens (tertiary/aromatic N) is 2. The number of aromatic nitrogens is 1. The molecule has 1 aliphatic rings. The average molecular weight is 344 g/mol. The van der Waals surface area contributed by atoms with Gasteiger partial charge in [0.05, 0.1) is 23.5 Å². The lowest BCUT2D eigenvalue weighted by Crippen LogP contribution is -2.36. The summed E-state index contributed by atoms with van der Waals surface area (Å²) in [6.07, 6.45) is 2.96. The SMILES string of the molecule is O=C(c1ccc(-c2cccc(F)c2)nc1)N1CCCC(O)(CO)CC1. The topological polar surface area (TPSA) is 73.7 Å². The van der Waals surface area contributed by atoms with Gasteiger partial charge in [0.25, 0.3) is 5.91 Å². The Hall–Kier alpha value is -2.31. The molecule has 1 saturated heterocycles. The fourth-order valence-corrected chi connectivity index (χ4v) is 3.06. The fraction of sp³-hybridized carbons (Fsp3) is 0.368. The van der Waals surface area contributed by atoms with Crippen molar-refractivity contribution in [1.82, 2.24) is 9.88 Å². The van der Waals surface area contributed by atoms with Gasteiger partial charge in [-0.3, -0.25) is 9.78 Å². The Morgan fingerprint density at radius 3 is 2.76 bits per heavy atom. The van der Waals surface area contributed by atoms with Crippen LogP contribution in [0.4, 0.5) is 4.39 Å². The van der Waals surface area contributed by atoms with Crippen LogP contribution < -0.4 is 0 Å². The molecule has 25 heavy (non-hydrogen) atoms. The van der Waals surface area contributed by atoms with Gasteiger partial charge in [0.15, 0.2) is 0 Å². The Morgan fingerprint density at radius 2 is 2.08 bits per heavy atom. The number of aliphatic hydroxyl groups excluding tert-OH is 1. The first-order valence-electron chi connectivity index (χ1n) is 8.35. The number of hydrogen-bond acceptors (Lipinski definition) is 4. The maximum Gasteiger partial charge on any atom is 0.255 e. The molecule has 132 valence electrons. The first-order valence-corrected chi connectivity index (χ1v) is 8.35. The van der Waals surface area contributed by atoms with Crippen LogP contribution in [0.2, 0.25) is 0 Å². The molecule has 1 fully saturated rings. The van der Waals surface area contributed by atoms with Crippen LogP contribution in [0.3, 0.4) is 0 Å². The lowest BCUT2D eigenvalue weighted by molar-refractivity contribution is -0.0250. The minimum atomic E-state index is -1.10. The van der Waals surface area contributed by atoms with E-state index in [1.54, 1.807) is 29.2 Å². The molecule has 2 N–H and O–H groups in total. The maximum absolute atomic E-state index is 13.3. The molecule has 1 unspecified atom stereocenters. The highest BCUT2D eigenvalue weighted by Crippen LogP contribution is 2.23. The summed E-state index contributed by atoms with van der Waals surface area (Å²) in [6.45, 7) is 0.632. The smallest absolute Gasteiger partial charge is 0.255 e. The highest BCUT2D eigenvalue weighted by Gasteiger charge is 2.31. The Labute approximate surface area is 145 Å². The highest BCUT2D eigenvalue weighted by molar-refractivity contribution is 5.94. The quantitative estimate of drug-likeness (QED) is 0.896. The van der Waals surface area contributed by atoms with Crippen molar-refractivity contribution in [2.24, 2.45) is 0 Å². The summed E-state index contributed by atoms with van der Waals surface area (Å²) in [6, 6.07) is 9.52. The van der Waals surface area contributed by atoms with Crippen LogP contribution in [0.15, 0.2) is 42.6 Å². The Bertz CT molecular complexity index is 751. The van der Waals surface area contributed by atoms with Gasteiger partial charge in [-0.1, -0.05) is 12.1 Å². The number of hydrogen-bond donors (Lipinski definition) is 2. The van der Waals surface area contributed by atoms with Crippen LogP contribution in [-0.4, -0.2) is 51.3 Å². The van der Waals surface area contributed by atoms with E-state index in [1.807, 2.05) is 0 Å². The third kappa shape index (κ3) is 4.03. The van der Waals surface area contributed by atoms with Crippen molar-refractivity contribution < 1.29 is 19.4 Å². The Morgan fingerprint density at radius 1 is 1.24 bits per heavy atom. The standard InChI is InChI=1S/C19H21FN2O3/c20-16-4-1-3-14(11-16)17-6-5-15(12-21-17)18(24)22-9-2-7-19(25,13-23)8-10-22/h1,3-6,11-12,23,25H,2,7-10,13H2. The molecular formula is C19H21FN2O3. The lowest BCUT2D eigenvalue weighted by Gasteiger charge is -2.24. The molecule has 0 spiro atoms. The number of rotatable bonds is 3. The third-order valence-electron chi connectivity index (χ3n) is 4.63. The molecule has 0 bridgehead atoms. The number of aliphatic hydroxyl groups is 2. The normalized spacial score (nSPS) is 21.0. The zero-order valence-corrected chi connectivity index (χ0v) is 13.9. The number of amides is 1. The van der Waals surface area contributed by atoms with Crippen LogP contribution in [-0.2, 0) is 0 Å². The molecule has 1 aliphatic heterocycles. The summed E-state index contributed by atoms with van der Waals surface area (Å²) in [7, 11) is 0. The molecule has 0 aliphatic carbocycles. The lowest BCUT2D eigenvalue weighted by atomic mass is 9.96. The molecule has 1 aromatic carbocycles. The van der Waals surface area contributed by atoms with Crippen molar-refractivity contribution in [2.75, 3.05) is 19.7 Å². The van der Waals surface area contributed by atoms with Gasteiger partial charge in [-0.25, -0.2) is 4.39 Å². The van der Waals surface area contributed by atoms with Crippen molar-refractivity contribution >= 4 is 5.91 Å². The van der Waals surface area contributed by atoms with Crippen LogP contribution >= 0.6 is 0 Å². The number of carbonyl (C=O) groups is 1. The number of pyridine rings is 1. The number of carbonyl (C=O) groups excluding carboxylic acids is 1. The van der Waals surface area contributed by atoms with Gasteiger partial charge in [0.1, 0.15) is 5.82 Å². The molecule has 1 amide bonds. The fourth-order valence-electron chi connectivity index (χ4n) is 3.06. The van der Waals surface area contributed by atoms with Crippen molar-refractivity contribution in [1.29, 1.82) is 0 Å². The molecule has 6 heteroatoms. The summed E-state index contributed by atoms with van der Waals surface area (Å²) in [5, 5.41) is 19.5. The second kappa shape index (κ2) is 7.29. The molecule has 0 saturated carbocycles. The Balaban J connectivity index is 1.72. The van der Waals surface area contributed by atoms with E-state index < -0.39 is 5.60 Å². The molecule has 5 nitrogen and oxygen atoms in total. The van der Waals surface area contributed by atoms with Gasteiger partial charge in [0.2, 0.25) is 0 Å². The molecule has 0 radical (unpaired) electrons. The zero-order valence-electron chi connectivity index (χ0n) is 13.9. The maximum atomic E-state index is 13.3. The second-order valence-corrected chi connectivity index (χ2v) is 6.47. The van der Waals surface area contributed by atoms with Gasteiger partial charge in [-0.2, -0.15) is 0 Å². The minimum Gasteiger partial charge on any atom is -0.393 e. The summed E-state index contributed by atoms with van der Waals surface area (Å²) in [5.41, 5.74) is 0.604. The summed E-state index contributed by atoms with van der Waals surface area (Å²) >= 11 is 0. The van der Waals surface area contributed by atoms with Crippen LogP contribution in [0.5, 0.6) is 0 Å². The van der Waals surface area contributed by atoms with Gasteiger partial charge >= 0.3 is 0 Å². The molecular weight excluding hydrogens is 323 g/mol. The van der Waals surface area contributed by atoms with E-state index in [-0.39, 0.29) is 18.3 Å². The summed E-state index contributed by atoms with van der Waals surface area (Å²) < 4.78 is 13.3. The molecule has 3 rings (SSSR count). The minimum absolute atomic E-state index is 0.152. The van der Waals surface area contributed by atoms with Crippen LogP contribution in [0, 0.1) is 5.82 Å². The zero-order chi connectivity index (χ0) is 17.9. The van der Waals surface area contributed by atoms with Gasteiger partial charge in [0, 0.05) is 24.8 Å². The van der Waals surface area contributed by atoms with Crippen molar-refractivity contribution in [2.45, 2.75) is 24.9 Å². The molecule has 2 aromatic rings. The predicted molar refractivity (Wildman–Crippen MR) is 91.4 cm³/mol. The number of halogens is 1. The average Bonchev–Trinajstić information content (AvgIpc) is 2.84. The van der Waals surface area contributed by atoms with Gasteiger partial charge < -0.3 is 15.1 Å². The third-order valence-corrected chi connectivity index (χ3v) is 4.63. The monoisotopic (exact) mass is 344 g/mol. The van der Waals surface area contributed by atoms with E-state index in [0.717, 1.165) is 0 Å². The van der Waals surface area contributed by atoms with Crippen LogP contribution in [0.1, 0.15) is 29.6 Å². The highest BCUT2D eigenvalue weighted by atomic mass is 19.1. The second-order valence-electron chi connectivity index (χ2n) is 6.47. The molecule has 1 aromatic heterocycles. The largest absolute Gasteiger partial charge is 0.393 e. The van der Waals surface area contributed by atoms with Crippen molar-refractivity contribution in [3.05, 3.63) is 54.0 Å². The van der Waals surface area contributed by atoms with Crippen molar-refractivity contribution in [3.63, 3.8) is 0 Å². The van der Waals surface area contributed by atoms with Gasteiger partial charge in [-0.15, -0.1) is 0 Å². The molecule has 2 heterocycles. The number of likely N-dealkylation sites (tertiary alicyclic amines) is 1. The van der Waals surface area contributed by atoms with E-state index in [4.69, 9.17) is 0 Å².